The van der Waals surface area contributed by atoms with E-state index in [1.807, 2.05) is 24.4 Å². The van der Waals surface area contributed by atoms with Crippen molar-refractivity contribution in [1.29, 1.82) is 0 Å². The zero-order chi connectivity index (χ0) is 13.0. The first kappa shape index (κ1) is 13.0. The molecule has 0 fully saturated rings. The number of benzene rings is 1. The van der Waals surface area contributed by atoms with E-state index in [1.165, 1.54) is 0 Å². The van der Waals surface area contributed by atoms with Gasteiger partial charge in [0.1, 0.15) is 0 Å². The summed E-state index contributed by atoms with van der Waals surface area (Å²) in [6.07, 6.45) is 2.87. The largest absolute Gasteiger partial charge is 0.309 e. The third-order valence-electron chi connectivity index (χ3n) is 3.08. The highest BCUT2D eigenvalue weighted by Crippen LogP contribution is 2.20. The van der Waals surface area contributed by atoms with Gasteiger partial charge in [-0.3, -0.25) is 16.3 Å². The molecule has 2 rings (SSSR count). The van der Waals surface area contributed by atoms with Gasteiger partial charge in [-0.2, -0.15) is 0 Å². The molecule has 0 aliphatic carbocycles. The van der Waals surface area contributed by atoms with Crippen LogP contribution >= 0.6 is 0 Å². The Morgan fingerprint density at radius 1 is 1.33 bits per heavy atom. The van der Waals surface area contributed by atoms with Gasteiger partial charge in [-0.1, -0.05) is 18.2 Å². The van der Waals surface area contributed by atoms with Crippen LogP contribution in [0.3, 0.4) is 0 Å². The average Bonchev–Trinajstić information content (AvgIpc) is 2.39. The van der Waals surface area contributed by atoms with Crippen LogP contribution in [0.25, 0.3) is 10.9 Å². The van der Waals surface area contributed by atoms with Crippen molar-refractivity contribution in [3.05, 3.63) is 42.1 Å². The van der Waals surface area contributed by atoms with Crippen molar-refractivity contribution in [3.8, 4) is 0 Å². The summed E-state index contributed by atoms with van der Waals surface area (Å²) in [5.41, 5.74) is 5.03. The lowest BCUT2D eigenvalue weighted by molar-refractivity contribution is 0.363. The molecule has 4 heteroatoms. The molecule has 0 radical (unpaired) electrons. The van der Waals surface area contributed by atoms with Gasteiger partial charge in [0.05, 0.1) is 5.52 Å². The zero-order valence-electron chi connectivity index (χ0n) is 10.9. The highest BCUT2D eigenvalue weighted by Gasteiger charge is 2.10. The molecule has 0 bridgehead atoms. The molecule has 96 valence electrons. The molecule has 1 unspecified atom stereocenters. The summed E-state index contributed by atoms with van der Waals surface area (Å²) >= 11 is 0. The number of hydrazine groups is 1. The number of fused-ring (bicyclic) bond motifs is 1. The van der Waals surface area contributed by atoms with Crippen LogP contribution < -0.4 is 11.3 Å². The number of aromatic nitrogens is 1. The maximum Gasteiger partial charge on any atom is 0.0702 e. The van der Waals surface area contributed by atoms with Gasteiger partial charge in [0.15, 0.2) is 0 Å². The van der Waals surface area contributed by atoms with Crippen LogP contribution in [0.2, 0.25) is 0 Å². The van der Waals surface area contributed by atoms with Crippen molar-refractivity contribution < 1.29 is 0 Å². The first-order chi connectivity index (χ1) is 8.70. The van der Waals surface area contributed by atoms with E-state index in [0.29, 0.717) is 0 Å². The molecule has 1 atom stereocenters. The van der Waals surface area contributed by atoms with Gasteiger partial charge in [0.25, 0.3) is 0 Å². The summed E-state index contributed by atoms with van der Waals surface area (Å²) < 4.78 is 0. The monoisotopic (exact) mass is 244 g/mol. The first-order valence-electron chi connectivity index (χ1n) is 6.16. The van der Waals surface area contributed by atoms with E-state index in [1.54, 1.807) is 0 Å². The summed E-state index contributed by atoms with van der Waals surface area (Å²) in [6, 6.07) is 10.4. The molecule has 0 aliphatic rings. The van der Waals surface area contributed by atoms with Gasteiger partial charge in [-0.25, -0.2) is 0 Å². The van der Waals surface area contributed by atoms with Crippen LogP contribution in [0.4, 0.5) is 0 Å². The van der Waals surface area contributed by atoms with Crippen LogP contribution in [-0.4, -0.2) is 30.5 Å². The first-order valence-corrected chi connectivity index (χ1v) is 6.16. The van der Waals surface area contributed by atoms with Crippen molar-refractivity contribution >= 4 is 10.9 Å². The Labute approximate surface area is 108 Å². The molecule has 1 aromatic carbocycles. The molecule has 0 saturated heterocycles. The van der Waals surface area contributed by atoms with E-state index in [9.17, 15) is 0 Å². The van der Waals surface area contributed by atoms with Crippen LogP contribution in [0.5, 0.6) is 0 Å². The average molecular weight is 244 g/mol. The molecule has 1 aromatic heterocycles. The summed E-state index contributed by atoms with van der Waals surface area (Å²) in [5, 5.41) is 1.15. The van der Waals surface area contributed by atoms with Crippen LogP contribution in [0.15, 0.2) is 36.5 Å². The molecule has 2 aromatic rings. The van der Waals surface area contributed by atoms with Crippen LogP contribution in [-0.2, 0) is 0 Å². The van der Waals surface area contributed by atoms with Gasteiger partial charge in [0, 0.05) is 17.6 Å². The Morgan fingerprint density at radius 3 is 2.83 bits per heavy atom. The topological polar surface area (TPSA) is 54.2 Å². The fourth-order valence-corrected chi connectivity index (χ4v) is 2.01. The zero-order valence-corrected chi connectivity index (χ0v) is 10.9. The maximum atomic E-state index is 5.64. The molecular weight excluding hydrogens is 224 g/mol. The molecule has 1 heterocycles. The normalized spacial score (nSPS) is 13.1. The SMILES string of the molecule is CN(C)CCC(NN)c1cnc2ccccc2c1. The quantitative estimate of drug-likeness (QED) is 0.621. The number of pyridine rings is 1. The van der Waals surface area contributed by atoms with Crippen LogP contribution in [0, 0.1) is 0 Å². The predicted octanol–water partition coefficient (Wildman–Crippen LogP) is 1.69. The Balaban J connectivity index is 2.22. The van der Waals surface area contributed by atoms with Crippen molar-refractivity contribution in [2.24, 2.45) is 5.84 Å². The highest BCUT2D eigenvalue weighted by molar-refractivity contribution is 5.78. The smallest absolute Gasteiger partial charge is 0.0702 e. The minimum absolute atomic E-state index is 0.143. The fourth-order valence-electron chi connectivity index (χ4n) is 2.01. The number of hydrogen-bond donors (Lipinski definition) is 2. The molecule has 4 nitrogen and oxygen atoms in total. The van der Waals surface area contributed by atoms with Crippen molar-refractivity contribution in [2.75, 3.05) is 20.6 Å². The standard InChI is InChI=1S/C14H20N4/c1-18(2)8-7-14(17-15)12-9-11-5-3-4-6-13(11)16-10-12/h3-6,9-10,14,17H,7-8,15H2,1-2H3. The maximum absolute atomic E-state index is 5.64. The third kappa shape index (κ3) is 3.04. The second-order valence-corrected chi connectivity index (χ2v) is 4.77. The van der Waals surface area contributed by atoms with Crippen molar-refractivity contribution in [2.45, 2.75) is 12.5 Å². The van der Waals surface area contributed by atoms with Gasteiger partial charge in [-0.15, -0.1) is 0 Å². The number of para-hydroxylation sites is 1. The second-order valence-electron chi connectivity index (χ2n) is 4.77. The number of nitrogens with zero attached hydrogens (tertiary/aromatic N) is 2. The number of nitrogens with two attached hydrogens (primary N) is 1. The molecule has 3 N–H and O–H groups in total. The van der Waals surface area contributed by atoms with Crippen molar-refractivity contribution in [3.63, 3.8) is 0 Å². The summed E-state index contributed by atoms with van der Waals surface area (Å²) in [7, 11) is 4.12. The minimum Gasteiger partial charge on any atom is -0.309 e. The van der Waals surface area contributed by atoms with E-state index in [-0.39, 0.29) is 6.04 Å². The van der Waals surface area contributed by atoms with E-state index in [2.05, 4.69) is 41.5 Å². The molecular formula is C14H20N4. The summed E-state index contributed by atoms with van der Waals surface area (Å²) in [4.78, 5) is 6.62. The van der Waals surface area contributed by atoms with Gasteiger partial charge in [0.2, 0.25) is 0 Å². The number of hydrogen-bond acceptors (Lipinski definition) is 4. The lowest BCUT2D eigenvalue weighted by atomic mass is 10.0. The summed E-state index contributed by atoms with van der Waals surface area (Å²) in [6.45, 7) is 0.988. The second kappa shape index (κ2) is 5.91. The molecule has 0 aliphatic heterocycles. The minimum atomic E-state index is 0.143. The number of rotatable bonds is 5. The Bertz CT molecular complexity index is 510. The Kier molecular flexibility index (Phi) is 4.25. The molecule has 18 heavy (non-hydrogen) atoms. The predicted molar refractivity (Wildman–Crippen MR) is 75.0 cm³/mol. The lowest BCUT2D eigenvalue weighted by Crippen LogP contribution is -2.30. The lowest BCUT2D eigenvalue weighted by Gasteiger charge is -2.18. The van der Waals surface area contributed by atoms with Gasteiger partial charge < -0.3 is 4.90 Å². The Hall–Kier alpha value is -1.49. The van der Waals surface area contributed by atoms with Crippen LogP contribution in [0.1, 0.15) is 18.0 Å². The van der Waals surface area contributed by atoms with Crippen molar-refractivity contribution in [1.82, 2.24) is 15.3 Å². The third-order valence-corrected chi connectivity index (χ3v) is 3.08. The fraction of sp³-hybridized carbons (Fsp3) is 0.357. The molecule has 0 amide bonds. The van der Waals surface area contributed by atoms with E-state index >= 15 is 0 Å². The van der Waals surface area contributed by atoms with E-state index in [0.717, 1.165) is 29.4 Å². The number of nitrogens with one attached hydrogen (secondary N) is 1. The Morgan fingerprint density at radius 2 is 2.11 bits per heavy atom. The van der Waals surface area contributed by atoms with E-state index in [4.69, 9.17) is 5.84 Å². The molecule has 0 spiro atoms. The summed E-state index contributed by atoms with van der Waals surface area (Å²) in [5.74, 6) is 5.64. The highest BCUT2D eigenvalue weighted by atomic mass is 15.2. The molecule has 0 saturated carbocycles. The van der Waals surface area contributed by atoms with E-state index < -0.39 is 0 Å². The van der Waals surface area contributed by atoms with Gasteiger partial charge >= 0.3 is 0 Å². The van der Waals surface area contributed by atoms with Gasteiger partial charge in [-0.05, 0) is 44.8 Å².